The summed E-state index contributed by atoms with van der Waals surface area (Å²) >= 11 is 1.12. The molecule has 2 aromatic carbocycles. The summed E-state index contributed by atoms with van der Waals surface area (Å²) in [6, 6.07) is 14.9. The topological polar surface area (TPSA) is 102 Å². The lowest BCUT2D eigenvalue weighted by molar-refractivity contribution is -0.384. The van der Waals surface area contributed by atoms with Gasteiger partial charge >= 0.3 is 5.97 Å². The van der Waals surface area contributed by atoms with E-state index in [9.17, 15) is 20.0 Å². The van der Waals surface area contributed by atoms with Crippen LogP contribution in [-0.4, -0.2) is 28.2 Å². The summed E-state index contributed by atoms with van der Waals surface area (Å²) in [6.45, 7) is 0. The van der Waals surface area contributed by atoms with Gasteiger partial charge in [-0.2, -0.15) is 0 Å². The van der Waals surface area contributed by atoms with Crippen molar-refractivity contribution in [1.29, 1.82) is 0 Å². The summed E-state index contributed by atoms with van der Waals surface area (Å²) < 4.78 is 4.75. The highest BCUT2D eigenvalue weighted by Crippen LogP contribution is 2.40. The predicted molar refractivity (Wildman–Crippen MR) is 104 cm³/mol. The second-order valence-electron chi connectivity index (χ2n) is 5.43. The Morgan fingerprint density at radius 3 is 2.44 bits per heavy atom. The van der Waals surface area contributed by atoms with Crippen LogP contribution in [0.15, 0.2) is 75.8 Å². The van der Waals surface area contributed by atoms with Gasteiger partial charge in [-0.15, -0.1) is 0 Å². The smallest absolute Gasteiger partial charge is 0.344 e. The first kappa shape index (κ1) is 18.4. The predicted octanol–water partition coefficient (Wildman–Crippen LogP) is 4.40. The maximum atomic E-state index is 12.1. The van der Waals surface area contributed by atoms with Gasteiger partial charge in [0, 0.05) is 12.1 Å². The Balaban J connectivity index is 2.00. The Kier molecular flexibility index (Phi) is 5.37. The van der Waals surface area contributed by atoms with Crippen LogP contribution >= 0.6 is 11.8 Å². The van der Waals surface area contributed by atoms with Gasteiger partial charge in [0.1, 0.15) is 16.4 Å². The van der Waals surface area contributed by atoms with E-state index in [1.807, 2.05) is 30.3 Å². The number of methoxy groups -OCH3 is 1. The molecule has 7 nitrogen and oxygen atoms in total. The Bertz CT molecular complexity index is 979. The first-order valence-corrected chi connectivity index (χ1v) is 8.61. The van der Waals surface area contributed by atoms with Crippen LogP contribution in [0.4, 0.5) is 11.4 Å². The minimum absolute atomic E-state index is 0.0389. The van der Waals surface area contributed by atoms with Crippen LogP contribution in [0.5, 0.6) is 0 Å². The van der Waals surface area contributed by atoms with Crippen LogP contribution in [0, 0.1) is 10.1 Å². The van der Waals surface area contributed by atoms with Crippen molar-refractivity contribution in [2.24, 2.45) is 4.99 Å². The lowest BCUT2D eigenvalue weighted by Crippen LogP contribution is -2.10. The van der Waals surface area contributed by atoms with Crippen LogP contribution < -0.4 is 0 Å². The Morgan fingerprint density at radius 1 is 1.19 bits per heavy atom. The molecule has 0 aromatic heterocycles. The number of benzene rings is 2. The van der Waals surface area contributed by atoms with E-state index in [4.69, 9.17) is 4.74 Å². The number of nitro benzene ring substituents is 1. The van der Waals surface area contributed by atoms with Gasteiger partial charge in [-0.05, 0) is 23.8 Å². The van der Waals surface area contributed by atoms with Gasteiger partial charge < -0.3 is 9.84 Å². The fraction of sp³-hybridized carbons (Fsp3) is 0.0526. The fourth-order valence-corrected chi connectivity index (χ4v) is 3.39. The number of nitrogens with zero attached hydrogens (tertiary/aromatic N) is 2. The molecule has 0 spiro atoms. The number of hydrogen-bond acceptors (Lipinski definition) is 7. The summed E-state index contributed by atoms with van der Waals surface area (Å²) in [4.78, 5) is 27.2. The number of non-ortho nitro benzene ring substituents is 1. The number of carbonyl (C=O) groups is 1. The molecule has 0 saturated heterocycles. The molecule has 0 atom stereocenters. The number of esters is 1. The van der Waals surface area contributed by atoms with Crippen LogP contribution in [0.25, 0.3) is 6.08 Å². The SMILES string of the molecule is COC(=O)C1=C(O)/C(=C\c2ccccc2)SC1=Nc1ccc([N+](=O)[O-])cc1. The number of ether oxygens (including phenoxy) is 1. The Labute approximate surface area is 158 Å². The number of rotatable bonds is 4. The first-order valence-electron chi connectivity index (χ1n) is 7.79. The number of hydrogen-bond donors (Lipinski definition) is 1. The molecule has 0 unspecified atom stereocenters. The second kappa shape index (κ2) is 7.88. The third kappa shape index (κ3) is 4.06. The third-order valence-electron chi connectivity index (χ3n) is 3.67. The molecule has 0 bridgehead atoms. The third-order valence-corrected chi connectivity index (χ3v) is 4.69. The fourth-order valence-electron chi connectivity index (χ4n) is 2.36. The molecule has 0 aliphatic carbocycles. The van der Waals surface area contributed by atoms with Gasteiger partial charge in [0.05, 0.1) is 22.6 Å². The number of nitro groups is 1. The van der Waals surface area contributed by atoms with E-state index in [2.05, 4.69) is 4.99 Å². The van der Waals surface area contributed by atoms with E-state index >= 15 is 0 Å². The van der Waals surface area contributed by atoms with Crippen molar-refractivity contribution in [3.05, 3.63) is 86.5 Å². The van der Waals surface area contributed by atoms with E-state index in [-0.39, 0.29) is 22.1 Å². The van der Waals surface area contributed by atoms with Gasteiger partial charge in [-0.3, -0.25) is 10.1 Å². The summed E-state index contributed by atoms with van der Waals surface area (Å²) in [7, 11) is 1.22. The molecule has 0 amide bonds. The zero-order valence-corrected chi connectivity index (χ0v) is 15.0. The summed E-state index contributed by atoms with van der Waals surface area (Å²) in [6.07, 6.45) is 1.74. The minimum atomic E-state index is -0.711. The maximum absolute atomic E-state index is 12.1. The van der Waals surface area contributed by atoms with Gasteiger partial charge in [0.15, 0.2) is 0 Å². The number of thioether (sulfide) groups is 1. The van der Waals surface area contributed by atoms with E-state index in [0.29, 0.717) is 10.6 Å². The quantitative estimate of drug-likeness (QED) is 0.478. The van der Waals surface area contributed by atoms with Crippen LogP contribution in [-0.2, 0) is 9.53 Å². The average molecular weight is 382 g/mol. The molecule has 1 N–H and O–H groups in total. The molecule has 2 aromatic rings. The van der Waals surface area contributed by atoms with Gasteiger partial charge in [0.2, 0.25) is 0 Å². The van der Waals surface area contributed by atoms with Crippen LogP contribution in [0.3, 0.4) is 0 Å². The lowest BCUT2D eigenvalue weighted by Gasteiger charge is -2.01. The molecular formula is C19H14N2O5S. The summed E-state index contributed by atoms with van der Waals surface area (Å²) in [5.41, 5.74) is 1.17. The summed E-state index contributed by atoms with van der Waals surface area (Å²) in [5, 5.41) is 21.5. The van der Waals surface area contributed by atoms with Crippen molar-refractivity contribution < 1.29 is 19.6 Å². The van der Waals surface area contributed by atoms with Crippen molar-refractivity contribution in [2.45, 2.75) is 0 Å². The molecule has 0 fully saturated rings. The van der Waals surface area contributed by atoms with Gasteiger partial charge in [-0.25, -0.2) is 9.79 Å². The van der Waals surface area contributed by atoms with Gasteiger partial charge in [0.25, 0.3) is 5.69 Å². The Hall–Kier alpha value is -3.39. The minimum Gasteiger partial charge on any atom is -0.506 e. The van der Waals surface area contributed by atoms with E-state index in [1.54, 1.807) is 6.08 Å². The van der Waals surface area contributed by atoms with E-state index in [0.717, 1.165) is 17.3 Å². The monoisotopic (exact) mass is 382 g/mol. The molecule has 0 radical (unpaired) electrons. The maximum Gasteiger partial charge on any atom is 0.344 e. The molecule has 1 heterocycles. The van der Waals surface area contributed by atoms with E-state index < -0.39 is 10.9 Å². The molecule has 27 heavy (non-hydrogen) atoms. The highest BCUT2D eigenvalue weighted by molar-refractivity contribution is 8.18. The number of carbonyl (C=O) groups excluding carboxylic acids is 1. The van der Waals surface area contributed by atoms with Crippen molar-refractivity contribution in [2.75, 3.05) is 7.11 Å². The van der Waals surface area contributed by atoms with Crippen molar-refractivity contribution in [3.63, 3.8) is 0 Å². The summed E-state index contributed by atoms with van der Waals surface area (Å²) in [5.74, 6) is -0.923. The largest absolute Gasteiger partial charge is 0.506 e. The number of aliphatic hydroxyl groups is 1. The molecule has 1 aliphatic heterocycles. The van der Waals surface area contributed by atoms with Crippen molar-refractivity contribution in [1.82, 2.24) is 0 Å². The van der Waals surface area contributed by atoms with Crippen molar-refractivity contribution in [3.8, 4) is 0 Å². The number of aliphatic hydroxyl groups excluding tert-OH is 1. The molecule has 3 rings (SSSR count). The molecule has 1 aliphatic rings. The average Bonchev–Trinajstić information content (AvgIpc) is 2.97. The van der Waals surface area contributed by atoms with Crippen LogP contribution in [0.2, 0.25) is 0 Å². The lowest BCUT2D eigenvalue weighted by atomic mass is 10.1. The highest BCUT2D eigenvalue weighted by Gasteiger charge is 2.32. The molecule has 136 valence electrons. The molecule has 0 saturated carbocycles. The standard InChI is InChI=1S/C19H14N2O5S/c1-26-19(23)16-17(22)15(11-12-5-3-2-4-6-12)27-18(16)20-13-7-9-14(10-8-13)21(24)25/h2-11,22H,1H3/b15-11+,20-18?. The number of aliphatic imine (C=N–C) groups is 1. The second-order valence-corrected chi connectivity index (χ2v) is 6.46. The van der Waals surface area contributed by atoms with Crippen LogP contribution in [0.1, 0.15) is 5.56 Å². The zero-order valence-electron chi connectivity index (χ0n) is 14.2. The molecule has 8 heteroatoms. The zero-order chi connectivity index (χ0) is 19.4. The van der Waals surface area contributed by atoms with Gasteiger partial charge in [-0.1, -0.05) is 42.1 Å². The molecular weight excluding hydrogens is 368 g/mol. The van der Waals surface area contributed by atoms with E-state index in [1.165, 1.54) is 31.4 Å². The highest BCUT2D eigenvalue weighted by atomic mass is 32.2. The normalized spacial score (nSPS) is 16.8. The first-order chi connectivity index (χ1) is 13.0. The Morgan fingerprint density at radius 2 is 1.85 bits per heavy atom. The van der Waals surface area contributed by atoms with Crippen molar-refractivity contribution >= 4 is 40.2 Å².